The highest BCUT2D eigenvalue weighted by molar-refractivity contribution is 5.94. The first-order chi connectivity index (χ1) is 9.72. The van der Waals surface area contributed by atoms with E-state index in [9.17, 15) is 9.59 Å². The van der Waals surface area contributed by atoms with Crippen molar-refractivity contribution >= 4 is 11.9 Å². The van der Waals surface area contributed by atoms with Crippen LogP contribution >= 0.6 is 0 Å². The molecular formula is C16H21NO3. The van der Waals surface area contributed by atoms with E-state index in [4.69, 9.17) is 4.74 Å². The molecule has 0 bridgehead atoms. The number of rotatable bonds is 4. The van der Waals surface area contributed by atoms with E-state index in [1.165, 1.54) is 0 Å². The topological polar surface area (TPSA) is 46.6 Å². The van der Waals surface area contributed by atoms with E-state index in [0.717, 1.165) is 19.3 Å². The maximum atomic E-state index is 12.4. The van der Waals surface area contributed by atoms with Crippen molar-refractivity contribution in [1.29, 1.82) is 0 Å². The van der Waals surface area contributed by atoms with Crippen LogP contribution in [0.15, 0.2) is 30.3 Å². The molecule has 1 saturated heterocycles. The molecule has 1 amide bonds. The van der Waals surface area contributed by atoms with Gasteiger partial charge in [0.25, 0.3) is 5.91 Å². The second kappa shape index (κ2) is 7.08. The van der Waals surface area contributed by atoms with E-state index in [1.54, 1.807) is 17.0 Å². The SMILES string of the molecule is CCCOC(=O)[C@H]1CCCN(C(=O)c2ccccc2)C1. The first-order valence-corrected chi connectivity index (χ1v) is 7.23. The van der Waals surface area contributed by atoms with Gasteiger partial charge in [0.2, 0.25) is 0 Å². The van der Waals surface area contributed by atoms with Crippen molar-refractivity contribution in [3.05, 3.63) is 35.9 Å². The first-order valence-electron chi connectivity index (χ1n) is 7.23. The van der Waals surface area contributed by atoms with Crippen molar-refractivity contribution in [1.82, 2.24) is 4.90 Å². The fraction of sp³-hybridized carbons (Fsp3) is 0.500. The molecule has 0 unspecified atom stereocenters. The Labute approximate surface area is 119 Å². The molecular weight excluding hydrogens is 254 g/mol. The van der Waals surface area contributed by atoms with Gasteiger partial charge in [-0.2, -0.15) is 0 Å². The molecule has 1 atom stereocenters. The summed E-state index contributed by atoms with van der Waals surface area (Å²) in [7, 11) is 0. The lowest BCUT2D eigenvalue weighted by Crippen LogP contribution is -2.42. The molecule has 1 aromatic rings. The van der Waals surface area contributed by atoms with Gasteiger partial charge in [0.1, 0.15) is 0 Å². The molecule has 4 nitrogen and oxygen atoms in total. The minimum absolute atomic E-state index is 0.00130. The summed E-state index contributed by atoms with van der Waals surface area (Å²) < 4.78 is 5.19. The summed E-state index contributed by atoms with van der Waals surface area (Å²) in [4.78, 5) is 26.0. The van der Waals surface area contributed by atoms with Crippen molar-refractivity contribution in [2.75, 3.05) is 19.7 Å². The molecule has 1 fully saturated rings. The molecule has 0 aromatic heterocycles. The Morgan fingerprint density at radius 2 is 2.05 bits per heavy atom. The Balaban J connectivity index is 1.96. The minimum atomic E-state index is -0.178. The summed E-state index contributed by atoms with van der Waals surface area (Å²) in [6.45, 7) is 3.61. The molecule has 4 heteroatoms. The predicted octanol–water partition coefficient (Wildman–Crippen LogP) is 2.49. The number of nitrogens with zero attached hydrogens (tertiary/aromatic N) is 1. The van der Waals surface area contributed by atoms with Crippen molar-refractivity contribution in [3.8, 4) is 0 Å². The Hall–Kier alpha value is -1.84. The number of carbonyl (C=O) groups is 2. The Kier molecular flexibility index (Phi) is 5.16. The molecule has 0 spiro atoms. The lowest BCUT2D eigenvalue weighted by atomic mass is 9.97. The molecule has 1 aliphatic heterocycles. The van der Waals surface area contributed by atoms with Crippen LogP contribution in [-0.4, -0.2) is 36.5 Å². The lowest BCUT2D eigenvalue weighted by Gasteiger charge is -2.31. The van der Waals surface area contributed by atoms with Crippen LogP contribution in [0.1, 0.15) is 36.5 Å². The van der Waals surface area contributed by atoms with Crippen LogP contribution in [-0.2, 0) is 9.53 Å². The van der Waals surface area contributed by atoms with Gasteiger partial charge in [-0.25, -0.2) is 0 Å². The number of amides is 1. The number of hydrogen-bond donors (Lipinski definition) is 0. The monoisotopic (exact) mass is 275 g/mol. The molecule has 108 valence electrons. The molecule has 2 rings (SSSR count). The van der Waals surface area contributed by atoms with E-state index < -0.39 is 0 Å². The number of likely N-dealkylation sites (tertiary alicyclic amines) is 1. The quantitative estimate of drug-likeness (QED) is 0.793. The van der Waals surface area contributed by atoms with Gasteiger partial charge >= 0.3 is 5.97 Å². The van der Waals surface area contributed by atoms with Gasteiger partial charge in [0, 0.05) is 18.7 Å². The second-order valence-electron chi connectivity index (χ2n) is 5.12. The molecule has 0 saturated carbocycles. The van der Waals surface area contributed by atoms with Crippen LogP contribution in [0.2, 0.25) is 0 Å². The maximum Gasteiger partial charge on any atom is 0.310 e. The number of piperidine rings is 1. The molecule has 20 heavy (non-hydrogen) atoms. The largest absolute Gasteiger partial charge is 0.465 e. The number of hydrogen-bond acceptors (Lipinski definition) is 3. The average molecular weight is 275 g/mol. The molecule has 0 radical (unpaired) electrons. The highest BCUT2D eigenvalue weighted by atomic mass is 16.5. The lowest BCUT2D eigenvalue weighted by molar-refractivity contribution is -0.150. The third-order valence-electron chi connectivity index (χ3n) is 3.51. The van der Waals surface area contributed by atoms with E-state index in [2.05, 4.69) is 0 Å². The first kappa shape index (κ1) is 14.6. The number of esters is 1. The fourth-order valence-corrected chi connectivity index (χ4v) is 2.44. The molecule has 0 N–H and O–H groups in total. The van der Waals surface area contributed by atoms with Crippen LogP contribution in [0.25, 0.3) is 0 Å². The molecule has 1 aliphatic rings. The van der Waals surface area contributed by atoms with Crippen molar-refractivity contribution in [3.63, 3.8) is 0 Å². The third kappa shape index (κ3) is 3.59. The van der Waals surface area contributed by atoms with Gasteiger partial charge < -0.3 is 9.64 Å². The van der Waals surface area contributed by atoms with Crippen LogP contribution < -0.4 is 0 Å². The zero-order chi connectivity index (χ0) is 14.4. The standard InChI is InChI=1S/C16H21NO3/c1-2-11-20-16(19)14-9-6-10-17(12-14)15(18)13-7-4-3-5-8-13/h3-5,7-8,14H,2,6,9-12H2,1H3/t14-/m0/s1. The number of ether oxygens (including phenoxy) is 1. The van der Waals surface area contributed by atoms with Gasteiger partial charge in [-0.15, -0.1) is 0 Å². The average Bonchev–Trinajstić information content (AvgIpc) is 2.52. The Bertz CT molecular complexity index is 458. The summed E-state index contributed by atoms with van der Waals surface area (Å²) in [6, 6.07) is 9.20. The van der Waals surface area contributed by atoms with Crippen LogP contribution in [0.5, 0.6) is 0 Å². The third-order valence-corrected chi connectivity index (χ3v) is 3.51. The summed E-state index contributed by atoms with van der Waals surface area (Å²) in [5.74, 6) is -0.348. The van der Waals surface area contributed by atoms with Crippen molar-refractivity contribution in [2.45, 2.75) is 26.2 Å². The minimum Gasteiger partial charge on any atom is -0.465 e. The highest BCUT2D eigenvalue weighted by Crippen LogP contribution is 2.20. The summed E-state index contributed by atoms with van der Waals surface area (Å²) in [5.41, 5.74) is 0.676. The number of carbonyl (C=O) groups excluding carboxylic acids is 2. The van der Waals surface area contributed by atoms with Crippen molar-refractivity contribution in [2.24, 2.45) is 5.92 Å². The highest BCUT2D eigenvalue weighted by Gasteiger charge is 2.29. The Morgan fingerprint density at radius 1 is 1.30 bits per heavy atom. The predicted molar refractivity (Wildman–Crippen MR) is 76.3 cm³/mol. The molecule has 1 aromatic carbocycles. The smallest absolute Gasteiger partial charge is 0.310 e. The van der Waals surface area contributed by atoms with E-state index in [-0.39, 0.29) is 17.8 Å². The van der Waals surface area contributed by atoms with Gasteiger partial charge in [-0.1, -0.05) is 25.1 Å². The van der Waals surface area contributed by atoms with E-state index >= 15 is 0 Å². The van der Waals surface area contributed by atoms with E-state index in [1.807, 2.05) is 25.1 Å². The zero-order valence-corrected chi connectivity index (χ0v) is 11.9. The molecule has 1 heterocycles. The van der Waals surface area contributed by atoms with Crippen molar-refractivity contribution < 1.29 is 14.3 Å². The summed E-state index contributed by atoms with van der Waals surface area (Å²) >= 11 is 0. The van der Waals surface area contributed by atoms with E-state index in [0.29, 0.717) is 25.3 Å². The summed E-state index contributed by atoms with van der Waals surface area (Å²) in [5, 5.41) is 0. The summed E-state index contributed by atoms with van der Waals surface area (Å²) in [6.07, 6.45) is 2.48. The second-order valence-corrected chi connectivity index (χ2v) is 5.12. The van der Waals surface area contributed by atoms with Crippen LogP contribution in [0.3, 0.4) is 0 Å². The maximum absolute atomic E-state index is 12.4. The molecule has 0 aliphatic carbocycles. The van der Waals surface area contributed by atoms with Crippen LogP contribution in [0.4, 0.5) is 0 Å². The van der Waals surface area contributed by atoms with Crippen LogP contribution in [0, 0.1) is 5.92 Å². The number of benzene rings is 1. The Morgan fingerprint density at radius 3 is 2.75 bits per heavy atom. The normalized spacial score (nSPS) is 18.6. The van der Waals surface area contributed by atoms with Gasteiger partial charge in [0.15, 0.2) is 0 Å². The fourth-order valence-electron chi connectivity index (χ4n) is 2.44. The van der Waals surface area contributed by atoms with Gasteiger partial charge in [-0.3, -0.25) is 9.59 Å². The van der Waals surface area contributed by atoms with Gasteiger partial charge in [0.05, 0.1) is 12.5 Å². The van der Waals surface area contributed by atoms with Gasteiger partial charge in [-0.05, 0) is 31.4 Å². The zero-order valence-electron chi connectivity index (χ0n) is 11.9.